The molecule has 8 nitrogen and oxygen atoms in total. The number of rotatable bonds is 8. The van der Waals surface area contributed by atoms with Crippen LogP contribution in [0.15, 0.2) is 0 Å². The van der Waals surface area contributed by atoms with Gasteiger partial charge in [0, 0.05) is 5.75 Å². The predicted molar refractivity (Wildman–Crippen MR) is 56.8 cm³/mol. The quantitative estimate of drug-likeness (QED) is 0.212. The minimum atomic E-state index is -1.31. The van der Waals surface area contributed by atoms with E-state index in [2.05, 4.69) is 23.5 Å². The van der Waals surface area contributed by atoms with Gasteiger partial charge >= 0.3 is 11.9 Å². The second kappa shape index (κ2) is 7.04. The SMILES string of the molecule is NC(=O)C[C@H](NN[C@@H](CS)C(=O)O)C(=O)O. The average molecular weight is 251 g/mol. The maximum Gasteiger partial charge on any atom is 0.322 e. The Hall–Kier alpha value is -1.32. The number of aliphatic carboxylic acids is 2. The molecule has 0 aromatic rings. The number of hydrogen-bond donors (Lipinski definition) is 6. The molecule has 0 rings (SSSR count). The van der Waals surface area contributed by atoms with Gasteiger partial charge in [0.15, 0.2) is 0 Å². The summed E-state index contributed by atoms with van der Waals surface area (Å²) < 4.78 is 0. The number of hydrazine groups is 1. The Bertz CT molecular complexity index is 285. The maximum absolute atomic E-state index is 10.6. The first-order valence-electron chi connectivity index (χ1n) is 4.24. The summed E-state index contributed by atoms with van der Waals surface area (Å²) in [6.07, 6.45) is -0.443. The molecule has 0 aliphatic heterocycles. The summed E-state index contributed by atoms with van der Waals surface area (Å²) in [6.45, 7) is 0. The molecule has 2 atom stereocenters. The predicted octanol–water partition coefficient (Wildman–Crippen LogP) is -2.21. The standard InChI is InChI=1S/C7H13N3O5S/c8-5(11)1-3(6(12)13)9-10-4(2-16)7(14)15/h3-4,9-10,16H,1-2H2,(H2,8,11)(H,12,13)(H,14,15)/t3-,4-/m0/s1. The van der Waals surface area contributed by atoms with Crippen molar-refractivity contribution in [2.24, 2.45) is 5.73 Å². The molecule has 0 heterocycles. The van der Waals surface area contributed by atoms with Crippen LogP contribution in [0.1, 0.15) is 6.42 Å². The summed E-state index contributed by atoms with van der Waals surface area (Å²) in [6, 6.07) is -2.34. The summed E-state index contributed by atoms with van der Waals surface area (Å²) in [5.41, 5.74) is 9.27. The normalized spacial score (nSPS) is 14.1. The molecular formula is C7H13N3O5S. The molecule has 0 bridgehead atoms. The lowest BCUT2D eigenvalue weighted by Crippen LogP contribution is -2.54. The van der Waals surface area contributed by atoms with E-state index < -0.39 is 36.4 Å². The Balaban J connectivity index is 4.25. The van der Waals surface area contributed by atoms with Gasteiger partial charge in [0.1, 0.15) is 12.1 Å². The molecule has 0 radical (unpaired) electrons. The molecule has 92 valence electrons. The highest BCUT2D eigenvalue weighted by atomic mass is 32.1. The van der Waals surface area contributed by atoms with Crippen molar-refractivity contribution in [1.82, 2.24) is 10.9 Å². The summed E-state index contributed by atoms with van der Waals surface area (Å²) in [5.74, 6) is -3.34. The summed E-state index contributed by atoms with van der Waals surface area (Å²) in [5, 5.41) is 17.3. The van der Waals surface area contributed by atoms with E-state index in [1.807, 2.05) is 0 Å². The number of thiol groups is 1. The first-order valence-corrected chi connectivity index (χ1v) is 4.87. The number of carboxylic acids is 2. The molecule has 0 aromatic carbocycles. The number of carbonyl (C=O) groups is 3. The molecule has 1 amide bonds. The van der Waals surface area contributed by atoms with E-state index in [4.69, 9.17) is 15.9 Å². The van der Waals surface area contributed by atoms with E-state index >= 15 is 0 Å². The van der Waals surface area contributed by atoms with Crippen molar-refractivity contribution in [3.05, 3.63) is 0 Å². The Morgan fingerprint density at radius 2 is 1.56 bits per heavy atom. The van der Waals surface area contributed by atoms with E-state index in [1.54, 1.807) is 0 Å². The lowest BCUT2D eigenvalue weighted by atomic mass is 10.2. The second-order valence-corrected chi connectivity index (χ2v) is 3.29. The molecule has 9 heteroatoms. The van der Waals surface area contributed by atoms with Crippen LogP contribution in [-0.2, 0) is 14.4 Å². The molecule has 0 aliphatic carbocycles. The van der Waals surface area contributed by atoms with Gasteiger partial charge in [0.25, 0.3) is 0 Å². The smallest absolute Gasteiger partial charge is 0.322 e. The number of primary amides is 1. The molecule has 16 heavy (non-hydrogen) atoms. The van der Waals surface area contributed by atoms with Crippen LogP contribution in [0.25, 0.3) is 0 Å². The number of carboxylic acid groups (broad SMARTS) is 2. The summed E-state index contributed by atoms with van der Waals surface area (Å²) >= 11 is 3.76. The van der Waals surface area contributed by atoms with Gasteiger partial charge in [-0.2, -0.15) is 12.6 Å². The van der Waals surface area contributed by atoms with Gasteiger partial charge in [0.05, 0.1) is 6.42 Å². The third kappa shape index (κ3) is 5.53. The maximum atomic E-state index is 10.6. The van der Waals surface area contributed by atoms with E-state index in [1.165, 1.54) is 0 Å². The van der Waals surface area contributed by atoms with Crippen LogP contribution in [0.3, 0.4) is 0 Å². The minimum Gasteiger partial charge on any atom is -0.480 e. The van der Waals surface area contributed by atoms with Gasteiger partial charge in [-0.05, 0) is 0 Å². The van der Waals surface area contributed by atoms with Gasteiger partial charge in [-0.3, -0.25) is 14.4 Å². The fourth-order valence-electron chi connectivity index (χ4n) is 0.788. The summed E-state index contributed by atoms with van der Waals surface area (Å²) in [7, 11) is 0. The molecule has 0 saturated carbocycles. The third-order valence-electron chi connectivity index (χ3n) is 1.62. The molecule has 0 unspecified atom stereocenters. The van der Waals surface area contributed by atoms with Crippen molar-refractivity contribution in [2.75, 3.05) is 5.75 Å². The van der Waals surface area contributed by atoms with E-state index in [0.717, 1.165) is 0 Å². The van der Waals surface area contributed by atoms with E-state index in [9.17, 15) is 14.4 Å². The summed E-state index contributed by atoms with van der Waals surface area (Å²) in [4.78, 5) is 31.7. The van der Waals surface area contributed by atoms with Gasteiger partial charge in [-0.15, -0.1) is 0 Å². The molecule has 0 aliphatic rings. The van der Waals surface area contributed by atoms with Gasteiger partial charge in [-0.25, -0.2) is 10.9 Å². The Morgan fingerprint density at radius 1 is 1.12 bits per heavy atom. The number of nitrogens with two attached hydrogens (primary N) is 1. The van der Waals surface area contributed by atoms with Crippen molar-refractivity contribution in [2.45, 2.75) is 18.5 Å². The van der Waals surface area contributed by atoms with Crippen LogP contribution in [0.4, 0.5) is 0 Å². The second-order valence-electron chi connectivity index (χ2n) is 2.92. The molecule has 0 aromatic heterocycles. The van der Waals surface area contributed by atoms with Crippen LogP contribution in [0, 0.1) is 0 Å². The Labute approximate surface area is 96.6 Å². The van der Waals surface area contributed by atoms with E-state index in [-0.39, 0.29) is 5.75 Å². The van der Waals surface area contributed by atoms with Gasteiger partial charge in [0.2, 0.25) is 5.91 Å². The molecular weight excluding hydrogens is 238 g/mol. The van der Waals surface area contributed by atoms with Crippen molar-refractivity contribution in [3.63, 3.8) is 0 Å². The van der Waals surface area contributed by atoms with Gasteiger partial charge in [-0.1, -0.05) is 0 Å². The van der Waals surface area contributed by atoms with Crippen LogP contribution in [0.2, 0.25) is 0 Å². The zero-order chi connectivity index (χ0) is 12.7. The lowest BCUT2D eigenvalue weighted by Gasteiger charge is -2.17. The monoisotopic (exact) mass is 251 g/mol. The zero-order valence-corrected chi connectivity index (χ0v) is 9.11. The third-order valence-corrected chi connectivity index (χ3v) is 1.98. The Kier molecular flexibility index (Phi) is 6.46. The highest BCUT2D eigenvalue weighted by molar-refractivity contribution is 7.80. The van der Waals surface area contributed by atoms with Crippen molar-refractivity contribution >= 4 is 30.5 Å². The van der Waals surface area contributed by atoms with Crippen molar-refractivity contribution < 1.29 is 24.6 Å². The number of nitrogens with one attached hydrogen (secondary N) is 2. The average Bonchev–Trinajstić information content (AvgIpc) is 2.15. The fourth-order valence-corrected chi connectivity index (χ4v) is 1.04. The minimum absolute atomic E-state index is 0.0365. The topological polar surface area (TPSA) is 142 Å². The van der Waals surface area contributed by atoms with Crippen molar-refractivity contribution in [3.8, 4) is 0 Å². The van der Waals surface area contributed by atoms with Gasteiger partial charge < -0.3 is 15.9 Å². The number of hydrogen-bond acceptors (Lipinski definition) is 6. The van der Waals surface area contributed by atoms with Crippen LogP contribution >= 0.6 is 12.6 Å². The highest BCUT2D eigenvalue weighted by Crippen LogP contribution is 1.92. The molecule has 0 fully saturated rings. The Morgan fingerprint density at radius 3 is 1.88 bits per heavy atom. The molecule has 0 spiro atoms. The van der Waals surface area contributed by atoms with E-state index in [0.29, 0.717) is 0 Å². The first-order chi connectivity index (χ1) is 7.38. The fraction of sp³-hybridized carbons (Fsp3) is 0.571. The number of amides is 1. The highest BCUT2D eigenvalue weighted by Gasteiger charge is 2.22. The van der Waals surface area contributed by atoms with Crippen molar-refractivity contribution in [1.29, 1.82) is 0 Å². The van der Waals surface area contributed by atoms with Crippen LogP contribution in [-0.4, -0.2) is 45.9 Å². The first kappa shape index (κ1) is 14.7. The number of carbonyl (C=O) groups excluding carboxylic acids is 1. The van der Waals surface area contributed by atoms with Crippen LogP contribution < -0.4 is 16.6 Å². The lowest BCUT2D eigenvalue weighted by molar-refractivity contribution is -0.143. The molecule has 6 N–H and O–H groups in total. The molecule has 0 saturated heterocycles. The zero-order valence-electron chi connectivity index (χ0n) is 8.21. The largest absolute Gasteiger partial charge is 0.480 e. The van der Waals surface area contributed by atoms with Crippen LogP contribution in [0.5, 0.6) is 0 Å².